The average molecular weight is 377 g/mol. The predicted molar refractivity (Wildman–Crippen MR) is 108 cm³/mol. The van der Waals surface area contributed by atoms with Gasteiger partial charge in [-0.05, 0) is 44.9 Å². The predicted octanol–water partition coefficient (Wildman–Crippen LogP) is 3.45. The summed E-state index contributed by atoms with van der Waals surface area (Å²) < 4.78 is 7.14. The Kier molecular flexibility index (Phi) is 4.97. The van der Waals surface area contributed by atoms with Gasteiger partial charge in [0.15, 0.2) is 0 Å². The van der Waals surface area contributed by atoms with Gasteiger partial charge in [-0.3, -0.25) is 4.79 Å². The molecule has 0 aliphatic carbocycles. The number of aryl methyl sites for hydroxylation is 2. The number of para-hydroxylation sites is 1. The Hall–Kier alpha value is -3.35. The molecule has 7 heteroatoms. The summed E-state index contributed by atoms with van der Waals surface area (Å²) in [7, 11) is 0. The third-order valence-electron chi connectivity index (χ3n) is 4.95. The van der Waals surface area contributed by atoms with E-state index in [0.29, 0.717) is 11.3 Å². The van der Waals surface area contributed by atoms with Crippen molar-refractivity contribution in [3.63, 3.8) is 0 Å². The van der Waals surface area contributed by atoms with Crippen LogP contribution in [0.15, 0.2) is 52.2 Å². The van der Waals surface area contributed by atoms with Gasteiger partial charge in [-0.2, -0.15) is 10.2 Å². The maximum absolute atomic E-state index is 12.3. The average Bonchev–Trinajstić information content (AvgIpc) is 3.43. The molecule has 0 bridgehead atoms. The van der Waals surface area contributed by atoms with Crippen molar-refractivity contribution in [3.05, 3.63) is 65.2 Å². The second kappa shape index (κ2) is 7.72. The molecule has 1 N–H and O–H groups in total. The van der Waals surface area contributed by atoms with Crippen molar-refractivity contribution < 1.29 is 9.21 Å². The topological polar surface area (TPSA) is 75.7 Å². The molecule has 1 aliphatic rings. The van der Waals surface area contributed by atoms with Crippen LogP contribution >= 0.6 is 0 Å². The van der Waals surface area contributed by atoms with Crippen LogP contribution in [0.3, 0.4) is 0 Å². The lowest BCUT2D eigenvalue weighted by Gasteiger charge is -2.20. The van der Waals surface area contributed by atoms with E-state index in [1.54, 1.807) is 19.2 Å². The fraction of sp³-hybridized carbons (Fsp3) is 0.286. The molecule has 3 heterocycles. The summed E-state index contributed by atoms with van der Waals surface area (Å²) in [5, 5.41) is 8.94. The number of amides is 1. The van der Waals surface area contributed by atoms with Crippen molar-refractivity contribution in [2.45, 2.75) is 26.7 Å². The molecule has 1 fully saturated rings. The van der Waals surface area contributed by atoms with Crippen LogP contribution in [0.1, 0.15) is 40.2 Å². The van der Waals surface area contributed by atoms with E-state index in [0.717, 1.165) is 48.7 Å². The summed E-state index contributed by atoms with van der Waals surface area (Å²) in [4.78, 5) is 14.6. The fourth-order valence-electron chi connectivity index (χ4n) is 3.50. The highest BCUT2D eigenvalue weighted by atomic mass is 16.3. The maximum atomic E-state index is 12.3. The monoisotopic (exact) mass is 377 g/mol. The van der Waals surface area contributed by atoms with Gasteiger partial charge in [0, 0.05) is 13.1 Å². The SMILES string of the molecule is Cc1nn(-c2ccccc2)c(N2CCCC2)c1/C=N\NC(=O)c1ccoc1C. The Morgan fingerprint density at radius 1 is 1.18 bits per heavy atom. The van der Waals surface area contributed by atoms with E-state index in [2.05, 4.69) is 15.4 Å². The number of nitrogens with one attached hydrogen (secondary N) is 1. The second-order valence-electron chi connectivity index (χ2n) is 6.85. The van der Waals surface area contributed by atoms with Crippen LogP contribution in [-0.2, 0) is 0 Å². The van der Waals surface area contributed by atoms with Crippen molar-refractivity contribution in [1.29, 1.82) is 0 Å². The van der Waals surface area contributed by atoms with E-state index in [1.807, 2.05) is 41.9 Å². The zero-order chi connectivity index (χ0) is 19.5. The minimum absolute atomic E-state index is 0.293. The Morgan fingerprint density at radius 2 is 1.93 bits per heavy atom. The molecular weight excluding hydrogens is 354 g/mol. The highest BCUT2D eigenvalue weighted by Crippen LogP contribution is 2.28. The highest BCUT2D eigenvalue weighted by Gasteiger charge is 2.23. The van der Waals surface area contributed by atoms with Gasteiger partial charge in [0.2, 0.25) is 0 Å². The lowest BCUT2D eigenvalue weighted by Crippen LogP contribution is -2.23. The minimum atomic E-state index is -0.293. The molecule has 0 spiro atoms. The zero-order valence-electron chi connectivity index (χ0n) is 16.1. The smallest absolute Gasteiger partial charge is 0.274 e. The third kappa shape index (κ3) is 3.43. The van der Waals surface area contributed by atoms with Crippen LogP contribution in [0.25, 0.3) is 5.69 Å². The van der Waals surface area contributed by atoms with Crippen LogP contribution < -0.4 is 10.3 Å². The quantitative estimate of drug-likeness (QED) is 0.546. The van der Waals surface area contributed by atoms with E-state index in [4.69, 9.17) is 9.52 Å². The summed E-state index contributed by atoms with van der Waals surface area (Å²) in [6.45, 7) is 5.68. The van der Waals surface area contributed by atoms with Crippen LogP contribution in [0.2, 0.25) is 0 Å². The number of carbonyl (C=O) groups excluding carboxylic acids is 1. The van der Waals surface area contributed by atoms with Crippen LogP contribution in [-0.4, -0.2) is 35.0 Å². The first-order valence-electron chi connectivity index (χ1n) is 9.42. The van der Waals surface area contributed by atoms with Gasteiger partial charge >= 0.3 is 0 Å². The van der Waals surface area contributed by atoms with Gasteiger partial charge in [-0.25, -0.2) is 10.1 Å². The third-order valence-corrected chi connectivity index (χ3v) is 4.95. The molecule has 2 aromatic heterocycles. The molecule has 1 amide bonds. The Balaban J connectivity index is 1.65. The van der Waals surface area contributed by atoms with Gasteiger partial charge < -0.3 is 9.32 Å². The largest absolute Gasteiger partial charge is 0.469 e. The van der Waals surface area contributed by atoms with Crippen molar-refractivity contribution in [3.8, 4) is 5.69 Å². The number of benzene rings is 1. The van der Waals surface area contributed by atoms with Crippen LogP contribution in [0.4, 0.5) is 5.82 Å². The lowest BCUT2D eigenvalue weighted by molar-refractivity contribution is 0.0953. The summed E-state index contributed by atoms with van der Waals surface area (Å²) in [6, 6.07) is 11.7. The van der Waals surface area contributed by atoms with Crippen LogP contribution in [0.5, 0.6) is 0 Å². The molecule has 1 saturated heterocycles. The summed E-state index contributed by atoms with van der Waals surface area (Å²) >= 11 is 0. The second-order valence-corrected chi connectivity index (χ2v) is 6.85. The Morgan fingerprint density at radius 3 is 2.61 bits per heavy atom. The van der Waals surface area contributed by atoms with E-state index in [1.165, 1.54) is 6.26 Å². The number of rotatable bonds is 5. The number of hydrogen-bond acceptors (Lipinski definition) is 5. The number of hydrazone groups is 1. The Bertz CT molecular complexity index is 997. The molecule has 0 atom stereocenters. The number of carbonyl (C=O) groups is 1. The highest BCUT2D eigenvalue weighted by molar-refractivity contribution is 5.96. The Labute approximate surface area is 163 Å². The van der Waals surface area contributed by atoms with Crippen molar-refractivity contribution >= 4 is 17.9 Å². The van der Waals surface area contributed by atoms with Gasteiger partial charge in [-0.1, -0.05) is 18.2 Å². The van der Waals surface area contributed by atoms with Gasteiger partial charge in [0.1, 0.15) is 11.6 Å². The van der Waals surface area contributed by atoms with Crippen molar-refractivity contribution in [2.75, 3.05) is 18.0 Å². The molecule has 1 aliphatic heterocycles. The van der Waals surface area contributed by atoms with E-state index >= 15 is 0 Å². The van der Waals surface area contributed by atoms with Gasteiger partial charge in [-0.15, -0.1) is 0 Å². The number of anilines is 1. The van der Waals surface area contributed by atoms with Gasteiger partial charge in [0.05, 0.1) is 35.0 Å². The van der Waals surface area contributed by atoms with Gasteiger partial charge in [0.25, 0.3) is 5.91 Å². The first-order valence-corrected chi connectivity index (χ1v) is 9.42. The molecule has 0 unspecified atom stereocenters. The molecule has 3 aromatic rings. The maximum Gasteiger partial charge on any atom is 0.274 e. The van der Waals surface area contributed by atoms with Crippen molar-refractivity contribution in [1.82, 2.24) is 15.2 Å². The normalized spacial score (nSPS) is 14.1. The zero-order valence-corrected chi connectivity index (χ0v) is 16.1. The number of furan rings is 1. The molecule has 0 saturated carbocycles. The van der Waals surface area contributed by atoms with E-state index < -0.39 is 0 Å². The van der Waals surface area contributed by atoms with Crippen molar-refractivity contribution in [2.24, 2.45) is 5.10 Å². The standard InChI is InChI=1S/C21H23N5O2/c1-15-19(14-22-23-20(27)18-10-13-28-16(18)2)21(25-11-6-7-12-25)26(24-15)17-8-4-3-5-9-17/h3-5,8-10,13-14H,6-7,11-12H2,1-2H3,(H,23,27)/b22-14-. The molecule has 144 valence electrons. The summed E-state index contributed by atoms with van der Waals surface area (Å²) in [6.07, 6.45) is 5.49. The first-order chi connectivity index (χ1) is 13.6. The number of aromatic nitrogens is 2. The van der Waals surface area contributed by atoms with E-state index in [9.17, 15) is 4.79 Å². The molecule has 4 rings (SSSR count). The molecular formula is C21H23N5O2. The first kappa shape index (κ1) is 18.0. The number of nitrogens with zero attached hydrogens (tertiary/aromatic N) is 4. The number of hydrogen-bond donors (Lipinski definition) is 1. The lowest BCUT2D eigenvalue weighted by atomic mass is 10.2. The minimum Gasteiger partial charge on any atom is -0.469 e. The molecule has 7 nitrogen and oxygen atoms in total. The molecule has 28 heavy (non-hydrogen) atoms. The molecule has 1 aromatic carbocycles. The van der Waals surface area contributed by atoms with Crippen LogP contribution in [0, 0.1) is 13.8 Å². The summed E-state index contributed by atoms with van der Waals surface area (Å²) in [5.74, 6) is 1.29. The molecule has 0 radical (unpaired) electrons. The van der Waals surface area contributed by atoms with E-state index in [-0.39, 0.29) is 5.91 Å². The summed E-state index contributed by atoms with van der Waals surface area (Å²) in [5.41, 5.74) is 5.84. The fourth-order valence-corrected chi connectivity index (χ4v) is 3.50.